The summed E-state index contributed by atoms with van der Waals surface area (Å²) in [7, 11) is 0. The Hall–Kier alpha value is -1.02. The lowest BCUT2D eigenvalue weighted by Crippen LogP contribution is -2.33. The summed E-state index contributed by atoms with van der Waals surface area (Å²) in [4.78, 5) is 2.52. The standard InChI is InChI=1S/C14H22N2/c1-11(2)10-16-8-4-7-12-5-3-6-13(9-15)14(12)16/h3,5-6,11H,4,7-10,15H2,1-2H3. The maximum Gasteiger partial charge on any atom is 0.0444 e. The van der Waals surface area contributed by atoms with Crippen LogP contribution >= 0.6 is 0 Å². The van der Waals surface area contributed by atoms with Gasteiger partial charge in [-0.1, -0.05) is 32.0 Å². The molecule has 1 heterocycles. The van der Waals surface area contributed by atoms with Gasteiger partial charge in [0, 0.05) is 25.3 Å². The number of rotatable bonds is 3. The van der Waals surface area contributed by atoms with Crippen molar-refractivity contribution in [3.63, 3.8) is 0 Å². The average molecular weight is 218 g/mol. The molecule has 2 heteroatoms. The number of fused-ring (bicyclic) bond motifs is 1. The first kappa shape index (κ1) is 11.5. The van der Waals surface area contributed by atoms with Crippen LogP contribution < -0.4 is 10.6 Å². The highest BCUT2D eigenvalue weighted by molar-refractivity contribution is 5.61. The molecule has 2 N–H and O–H groups in total. The van der Waals surface area contributed by atoms with E-state index in [9.17, 15) is 0 Å². The van der Waals surface area contributed by atoms with Crippen LogP contribution in [0.3, 0.4) is 0 Å². The molecule has 16 heavy (non-hydrogen) atoms. The predicted molar refractivity (Wildman–Crippen MR) is 69.7 cm³/mol. The van der Waals surface area contributed by atoms with Crippen LogP contribution in [0.2, 0.25) is 0 Å². The average Bonchev–Trinajstić information content (AvgIpc) is 2.28. The number of anilines is 1. The molecule has 88 valence electrons. The van der Waals surface area contributed by atoms with Gasteiger partial charge in [-0.3, -0.25) is 0 Å². The van der Waals surface area contributed by atoms with E-state index in [1.165, 1.54) is 36.2 Å². The minimum Gasteiger partial charge on any atom is -0.371 e. The Morgan fingerprint density at radius 1 is 1.38 bits per heavy atom. The van der Waals surface area contributed by atoms with Crippen LogP contribution in [0.4, 0.5) is 5.69 Å². The van der Waals surface area contributed by atoms with Gasteiger partial charge in [-0.2, -0.15) is 0 Å². The van der Waals surface area contributed by atoms with Crippen molar-refractivity contribution in [2.75, 3.05) is 18.0 Å². The van der Waals surface area contributed by atoms with Gasteiger partial charge in [0.05, 0.1) is 0 Å². The van der Waals surface area contributed by atoms with Crippen LogP contribution in [0, 0.1) is 5.92 Å². The van der Waals surface area contributed by atoms with Gasteiger partial charge in [0.15, 0.2) is 0 Å². The summed E-state index contributed by atoms with van der Waals surface area (Å²) in [5.41, 5.74) is 10.0. The van der Waals surface area contributed by atoms with E-state index in [4.69, 9.17) is 5.73 Å². The molecule has 0 bridgehead atoms. The third-order valence-electron chi connectivity index (χ3n) is 3.20. The Balaban J connectivity index is 2.35. The fourth-order valence-electron chi connectivity index (χ4n) is 2.61. The van der Waals surface area contributed by atoms with Crippen LogP contribution in [0.1, 0.15) is 31.4 Å². The first-order valence-corrected chi connectivity index (χ1v) is 6.28. The summed E-state index contributed by atoms with van der Waals surface area (Å²) in [6.07, 6.45) is 2.48. The lowest BCUT2D eigenvalue weighted by atomic mass is 9.97. The van der Waals surface area contributed by atoms with E-state index in [2.05, 4.69) is 36.9 Å². The predicted octanol–water partition coefficient (Wildman–Crippen LogP) is 2.55. The molecule has 0 saturated carbocycles. The van der Waals surface area contributed by atoms with E-state index in [-0.39, 0.29) is 0 Å². The Morgan fingerprint density at radius 3 is 2.88 bits per heavy atom. The maximum absolute atomic E-state index is 5.84. The van der Waals surface area contributed by atoms with Gasteiger partial charge in [0.25, 0.3) is 0 Å². The third-order valence-corrected chi connectivity index (χ3v) is 3.20. The second kappa shape index (κ2) is 4.88. The Kier molecular flexibility index (Phi) is 3.49. The van der Waals surface area contributed by atoms with Crippen molar-refractivity contribution < 1.29 is 0 Å². The molecular weight excluding hydrogens is 196 g/mol. The van der Waals surface area contributed by atoms with E-state index >= 15 is 0 Å². The van der Waals surface area contributed by atoms with Crippen LogP contribution in [0.5, 0.6) is 0 Å². The summed E-state index contributed by atoms with van der Waals surface area (Å²) >= 11 is 0. The zero-order valence-electron chi connectivity index (χ0n) is 10.4. The second-order valence-corrected chi connectivity index (χ2v) is 5.07. The van der Waals surface area contributed by atoms with Gasteiger partial charge in [-0.25, -0.2) is 0 Å². The molecule has 0 fully saturated rings. The number of benzene rings is 1. The zero-order chi connectivity index (χ0) is 11.5. The number of para-hydroxylation sites is 1. The minimum atomic E-state index is 0.651. The Morgan fingerprint density at radius 2 is 2.19 bits per heavy atom. The Bertz CT molecular complexity index is 344. The van der Waals surface area contributed by atoms with Gasteiger partial charge in [0.2, 0.25) is 0 Å². The quantitative estimate of drug-likeness (QED) is 0.845. The molecule has 2 nitrogen and oxygen atoms in total. The largest absolute Gasteiger partial charge is 0.371 e. The van der Waals surface area contributed by atoms with E-state index < -0.39 is 0 Å². The van der Waals surface area contributed by atoms with Gasteiger partial charge in [0.1, 0.15) is 0 Å². The van der Waals surface area contributed by atoms with E-state index in [1.807, 2.05) is 0 Å². The summed E-state index contributed by atoms with van der Waals surface area (Å²) in [6.45, 7) is 7.53. The summed E-state index contributed by atoms with van der Waals surface area (Å²) < 4.78 is 0. The number of hydrogen-bond donors (Lipinski definition) is 1. The van der Waals surface area contributed by atoms with Crippen molar-refractivity contribution in [2.24, 2.45) is 11.7 Å². The smallest absolute Gasteiger partial charge is 0.0444 e. The van der Waals surface area contributed by atoms with Crippen molar-refractivity contribution in [1.29, 1.82) is 0 Å². The number of nitrogens with zero attached hydrogens (tertiary/aromatic N) is 1. The molecule has 0 aromatic heterocycles. The molecule has 0 spiro atoms. The highest BCUT2D eigenvalue weighted by atomic mass is 15.1. The van der Waals surface area contributed by atoms with Gasteiger partial charge < -0.3 is 10.6 Å². The molecule has 2 rings (SSSR count). The molecule has 0 unspecified atom stereocenters. The zero-order valence-corrected chi connectivity index (χ0v) is 10.4. The van der Waals surface area contributed by atoms with Crippen LogP contribution in [0.15, 0.2) is 18.2 Å². The molecule has 1 aliphatic heterocycles. The number of nitrogens with two attached hydrogens (primary N) is 1. The lowest BCUT2D eigenvalue weighted by molar-refractivity contribution is 0.582. The first-order chi connectivity index (χ1) is 7.72. The fourth-order valence-corrected chi connectivity index (χ4v) is 2.61. The van der Waals surface area contributed by atoms with E-state index in [0.717, 1.165) is 6.54 Å². The van der Waals surface area contributed by atoms with Crippen molar-refractivity contribution in [3.05, 3.63) is 29.3 Å². The van der Waals surface area contributed by atoms with Crippen molar-refractivity contribution >= 4 is 5.69 Å². The summed E-state index contributed by atoms with van der Waals surface area (Å²) in [6, 6.07) is 6.55. The molecule has 0 aliphatic carbocycles. The van der Waals surface area contributed by atoms with Crippen LogP contribution in [-0.4, -0.2) is 13.1 Å². The molecule has 1 aromatic rings. The highest BCUT2D eigenvalue weighted by Crippen LogP contribution is 2.31. The lowest BCUT2D eigenvalue weighted by Gasteiger charge is -2.34. The van der Waals surface area contributed by atoms with Gasteiger partial charge in [-0.15, -0.1) is 0 Å². The molecule has 0 saturated heterocycles. The number of aryl methyl sites for hydroxylation is 1. The molecule has 0 atom stereocenters. The Labute approximate surface area is 98.4 Å². The molecule has 0 radical (unpaired) electrons. The molecule has 0 amide bonds. The normalized spacial score (nSPS) is 15.4. The summed E-state index contributed by atoms with van der Waals surface area (Å²) in [5, 5.41) is 0. The van der Waals surface area contributed by atoms with Crippen molar-refractivity contribution in [2.45, 2.75) is 33.2 Å². The fraction of sp³-hybridized carbons (Fsp3) is 0.571. The first-order valence-electron chi connectivity index (χ1n) is 6.28. The molecule has 1 aliphatic rings. The van der Waals surface area contributed by atoms with Crippen LogP contribution in [-0.2, 0) is 13.0 Å². The molecule has 1 aromatic carbocycles. The van der Waals surface area contributed by atoms with E-state index in [1.54, 1.807) is 0 Å². The monoisotopic (exact) mass is 218 g/mol. The van der Waals surface area contributed by atoms with Crippen LogP contribution in [0.25, 0.3) is 0 Å². The third kappa shape index (κ3) is 2.22. The SMILES string of the molecule is CC(C)CN1CCCc2cccc(CN)c21. The molecular formula is C14H22N2. The maximum atomic E-state index is 5.84. The number of hydrogen-bond acceptors (Lipinski definition) is 2. The second-order valence-electron chi connectivity index (χ2n) is 5.07. The van der Waals surface area contributed by atoms with Gasteiger partial charge >= 0.3 is 0 Å². The summed E-state index contributed by atoms with van der Waals surface area (Å²) in [5.74, 6) is 0.705. The van der Waals surface area contributed by atoms with Crippen molar-refractivity contribution in [3.8, 4) is 0 Å². The van der Waals surface area contributed by atoms with E-state index in [0.29, 0.717) is 12.5 Å². The van der Waals surface area contributed by atoms with Gasteiger partial charge in [-0.05, 0) is 29.9 Å². The minimum absolute atomic E-state index is 0.651. The van der Waals surface area contributed by atoms with Crippen molar-refractivity contribution in [1.82, 2.24) is 0 Å². The topological polar surface area (TPSA) is 29.3 Å². The highest BCUT2D eigenvalue weighted by Gasteiger charge is 2.19.